The van der Waals surface area contributed by atoms with Gasteiger partial charge in [0.25, 0.3) is 5.91 Å². The summed E-state index contributed by atoms with van der Waals surface area (Å²) in [6.45, 7) is 4.04. The molecular formula is C12H17N5O2. The Kier molecular flexibility index (Phi) is 4.40. The minimum Gasteiger partial charge on any atom is -0.355 e. The van der Waals surface area contributed by atoms with Gasteiger partial charge in [0.15, 0.2) is 0 Å². The van der Waals surface area contributed by atoms with Gasteiger partial charge in [0.1, 0.15) is 12.4 Å². The van der Waals surface area contributed by atoms with Gasteiger partial charge in [-0.3, -0.25) is 9.59 Å². The SMILES string of the molecule is CCNC(=O)C1CNCCN1C(=O)c1cncnc1. The number of nitrogens with one attached hydrogen (secondary N) is 2. The van der Waals surface area contributed by atoms with E-state index in [-0.39, 0.29) is 11.8 Å². The third-order valence-corrected chi connectivity index (χ3v) is 2.97. The van der Waals surface area contributed by atoms with E-state index in [1.807, 2.05) is 6.92 Å². The summed E-state index contributed by atoms with van der Waals surface area (Å²) in [4.78, 5) is 33.6. The zero-order chi connectivity index (χ0) is 13.7. The molecule has 102 valence electrons. The number of carbonyl (C=O) groups excluding carboxylic acids is 2. The molecule has 1 aliphatic rings. The zero-order valence-corrected chi connectivity index (χ0v) is 10.8. The van der Waals surface area contributed by atoms with Crippen LogP contribution >= 0.6 is 0 Å². The van der Waals surface area contributed by atoms with Crippen LogP contribution in [0.4, 0.5) is 0 Å². The maximum absolute atomic E-state index is 12.4. The van der Waals surface area contributed by atoms with Gasteiger partial charge in [-0.25, -0.2) is 9.97 Å². The maximum atomic E-state index is 12.4. The Bertz CT molecular complexity index is 451. The molecular weight excluding hydrogens is 246 g/mol. The molecule has 0 spiro atoms. The van der Waals surface area contributed by atoms with E-state index in [1.54, 1.807) is 4.90 Å². The van der Waals surface area contributed by atoms with Crippen LogP contribution in [0, 0.1) is 0 Å². The summed E-state index contributed by atoms with van der Waals surface area (Å²) in [5.74, 6) is -0.349. The average molecular weight is 263 g/mol. The maximum Gasteiger partial charge on any atom is 0.257 e. The van der Waals surface area contributed by atoms with Crippen molar-refractivity contribution in [3.63, 3.8) is 0 Å². The first-order valence-corrected chi connectivity index (χ1v) is 6.28. The molecule has 19 heavy (non-hydrogen) atoms. The number of carbonyl (C=O) groups is 2. The fraction of sp³-hybridized carbons (Fsp3) is 0.500. The van der Waals surface area contributed by atoms with Gasteiger partial charge >= 0.3 is 0 Å². The van der Waals surface area contributed by atoms with Crippen molar-refractivity contribution in [2.45, 2.75) is 13.0 Å². The van der Waals surface area contributed by atoms with E-state index in [4.69, 9.17) is 0 Å². The molecule has 1 saturated heterocycles. The fourth-order valence-electron chi connectivity index (χ4n) is 2.05. The highest BCUT2D eigenvalue weighted by molar-refractivity contribution is 5.97. The van der Waals surface area contributed by atoms with Crippen molar-refractivity contribution in [2.75, 3.05) is 26.2 Å². The Morgan fingerprint density at radius 1 is 1.47 bits per heavy atom. The normalized spacial score (nSPS) is 19.0. The van der Waals surface area contributed by atoms with Gasteiger partial charge < -0.3 is 15.5 Å². The number of hydrogen-bond acceptors (Lipinski definition) is 5. The molecule has 0 saturated carbocycles. The van der Waals surface area contributed by atoms with Crippen LogP contribution in [-0.4, -0.2) is 58.9 Å². The number of nitrogens with zero attached hydrogens (tertiary/aromatic N) is 3. The number of amides is 2. The minimum absolute atomic E-state index is 0.139. The third kappa shape index (κ3) is 3.05. The second-order valence-electron chi connectivity index (χ2n) is 4.24. The minimum atomic E-state index is -0.485. The molecule has 1 aromatic heterocycles. The molecule has 0 radical (unpaired) electrons. The molecule has 2 rings (SSSR count). The van der Waals surface area contributed by atoms with Crippen LogP contribution in [0.25, 0.3) is 0 Å². The molecule has 7 nitrogen and oxygen atoms in total. The van der Waals surface area contributed by atoms with E-state index in [9.17, 15) is 9.59 Å². The Hall–Kier alpha value is -2.02. The molecule has 0 aromatic carbocycles. The molecule has 1 fully saturated rings. The van der Waals surface area contributed by atoms with Crippen LogP contribution in [0.5, 0.6) is 0 Å². The van der Waals surface area contributed by atoms with Crippen molar-refractivity contribution in [1.29, 1.82) is 0 Å². The smallest absolute Gasteiger partial charge is 0.257 e. The van der Waals surface area contributed by atoms with Gasteiger partial charge in [-0.2, -0.15) is 0 Å². The quantitative estimate of drug-likeness (QED) is 0.732. The lowest BCUT2D eigenvalue weighted by Gasteiger charge is -2.35. The molecule has 1 atom stereocenters. The fourth-order valence-corrected chi connectivity index (χ4v) is 2.05. The van der Waals surface area contributed by atoms with Crippen molar-refractivity contribution in [3.8, 4) is 0 Å². The number of rotatable bonds is 3. The highest BCUT2D eigenvalue weighted by Gasteiger charge is 2.32. The van der Waals surface area contributed by atoms with Crippen LogP contribution in [0.15, 0.2) is 18.7 Å². The lowest BCUT2D eigenvalue weighted by atomic mass is 10.1. The average Bonchev–Trinajstić information content (AvgIpc) is 2.47. The lowest BCUT2D eigenvalue weighted by Crippen LogP contribution is -2.59. The molecule has 1 aromatic rings. The van der Waals surface area contributed by atoms with Gasteiger partial charge in [-0.15, -0.1) is 0 Å². The molecule has 0 aliphatic carbocycles. The van der Waals surface area contributed by atoms with E-state index in [2.05, 4.69) is 20.6 Å². The Balaban J connectivity index is 2.15. The highest BCUT2D eigenvalue weighted by Crippen LogP contribution is 2.09. The largest absolute Gasteiger partial charge is 0.355 e. The Morgan fingerprint density at radius 2 is 2.21 bits per heavy atom. The van der Waals surface area contributed by atoms with Crippen molar-refractivity contribution < 1.29 is 9.59 Å². The zero-order valence-electron chi connectivity index (χ0n) is 10.8. The second-order valence-corrected chi connectivity index (χ2v) is 4.24. The van der Waals surface area contributed by atoms with Crippen molar-refractivity contribution in [2.24, 2.45) is 0 Å². The van der Waals surface area contributed by atoms with E-state index < -0.39 is 6.04 Å². The van der Waals surface area contributed by atoms with Gasteiger partial charge in [0.05, 0.1) is 5.56 Å². The summed E-state index contributed by atoms with van der Waals surface area (Å²) in [7, 11) is 0. The summed E-state index contributed by atoms with van der Waals surface area (Å²) in [6, 6.07) is -0.485. The molecule has 2 heterocycles. The predicted molar refractivity (Wildman–Crippen MR) is 68.4 cm³/mol. The van der Waals surface area contributed by atoms with Gasteiger partial charge in [-0.05, 0) is 6.92 Å². The second kappa shape index (κ2) is 6.24. The summed E-state index contributed by atoms with van der Waals surface area (Å²) in [5, 5.41) is 5.87. The molecule has 2 N–H and O–H groups in total. The van der Waals surface area contributed by atoms with E-state index in [0.717, 1.165) is 0 Å². The molecule has 1 aliphatic heterocycles. The third-order valence-electron chi connectivity index (χ3n) is 2.97. The highest BCUT2D eigenvalue weighted by atomic mass is 16.2. The van der Waals surface area contributed by atoms with Crippen molar-refractivity contribution in [1.82, 2.24) is 25.5 Å². The van der Waals surface area contributed by atoms with E-state index >= 15 is 0 Å². The molecule has 0 bridgehead atoms. The standard InChI is InChI=1S/C12H17N5O2/c1-2-16-11(18)10-7-13-3-4-17(10)12(19)9-5-14-8-15-6-9/h5-6,8,10,13H,2-4,7H2,1H3,(H,16,18). The first-order chi connectivity index (χ1) is 9.24. The molecule has 1 unspecified atom stereocenters. The van der Waals surface area contributed by atoms with E-state index in [0.29, 0.717) is 31.7 Å². The number of aromatic nitrogens is 2. The number of piperazine rings is 1. The van der Waals surface area contributed by atoms with Crippen LogP contribution in [0.2, 0.25) is 0 Å². The van der Waals surface area contributed by atoms with Crippen molar-refractivity contribution in [3.05, 3.63) is 24.3 Å². The molecule has 2 amide bonds. The van der Waals surface area contributed by atoms with Crippen LogP contribution in [0.3, 0.4) is 0 Å². The van der Waals surface area contributed by atoms with Crippen LogP contribution < -0.4 is 10.6 Å². The van der Waals surface area contributed by atoms with Gasteiger partial charge in [0, 0.05) is 38.6 Å². The summed E-state index contributed by atoms with van der Waals surface area (Å²) in [6.07, 6.45) is 4.30. The monoisotopic (exact) mass is 263 g/mol. The number of likely N-dealkylation sites (N-methyl/N-ethyl adjacent to an activating group) is 1. The summed E-state index contributed by atoms with van der Waals surface area (Å²) >= 11 is 0. The topological polar surface area (TPSA) is 87.2 Å². The Labute approximate surface area is 111 Å². The van der Waals surface area contributed by atoms with Gasteiger partial charge in [-0.1, -0.05) is 0 Å². The first-order valence-electron chi connectivity index (χ1n) is 6.28. The Morgan fingerprint density at radius 3 is 2.89 bits per heavy atom. The lowest BCUT2D eigenvalue weighted by molar-refractivity contribution is -0.126. The summed E-state index contributed by atoms with van der Waals surface area (Å²) in [5.41, 5.74) is 0.402. The van der Waals surface area contributed by atoms with Crippen LogP contribution in [0.1, 0.15) is 17.3 Å². The van der Waals surface area contributed by atoms with Crippen molar-refractivity contribution >= 4 is 11.8 Å². The summed E-state index contributed by atoms with van der Waals surface area (Å²) < 4.78 is 0. The predicted octanol–water partition coefficient (Wildman–Crippen LogP) is -0.973. The number of hydrogen-bond donors (Lipinski definition) is 2. The first kappa shape index (κ1) is 13.4. The molecule has 7 heteroatoms. The van der Waals surface area contributed by atoms with Gasteiger partial charge in [0.2, 0.25) is 5.91 Å². The van der Waals surface area contributed by atoms with Crippen LogP contribution in [-0.2, 0) is 4.79 Å². The van der Waals surface area contributed by atoms with E-state index in [1.165, 1.54) is 18.7 Å².